The molecule has 0 aromatic heterocycles. The molecule has 3 aliphatic heterocycles. The van der Waals surface area contributed by atoms with Gasteiger partial charge in [-0.2, -0.15) is 0 Å². The summed E-state index contributed by atoms with van der Waals surface area (Å²) in [6, 6.07) is 20.3. The minimum absolute atomic E-state index is 0.115. The zero-order valence-corrected chi connectivity index (χ0v) is 20.4. The number of piperazine rings is 1. The summed E-state index contributed by atoms with van der Waals surface area (Å²) in [4.78, 5) is 70.8. The van der Waals surface area contributed by atoms with Crippen LogP contribution in [-0.4, -0.2) is 67.0 Å². The van der Waals surface area contributed by atoms with Gasteiger partial charge in [-0.15, -0.1) is 0 Å². The van der Waals surface area contributed by atoms with Gasteiger partial charge in [-0.3, -0.25) is 28.9 Å². The first-order valence-corrected chi connectivity index (χ1v) is 12.5. The number of rotatable bonds is 5. The van der Waals surface area contributed by atoms with Crippen molar-refractivity contribution in [2.75, 3.05) is 40.9 Å². The Balaban J connectivity index is 1.24. The predicted octanol–water partition coefficient (Wildman–Crippen LogP) is 2.75. The number of fused-ring (bicyclic) bond motifs is 1. The Morgan fingerprint density at radius 2 is 1.24 bits per heavy atom. The molecule has 2 saturated heterocycles. The lowest BCUT2D eigenvalue weighted by Crippen LogP contribution is -2.53. The van der Waals surface area contributed by atoms with Gasteiger partial charge in [-0.25, -0.2) is 9.80 Å². The first-order chi connectivity index (χ1) is 18.5. The van der Waals surface area contributed by atoms with Crippen LogP contribution in [0.4, 0.5) is 17.1 Å². The van der Waals surface area contributed by atoms with E-state index in [1.165, 1.54) is 4.90 Å². The van der Waals surface area contributed by atoms with Gasteiger partial charge in [0.15, 0.2) is 6.29 Å². The van der Waals surface area contributed by atoms with E-state index in [2.05, 4.69) is 0 Å². The maximum atomic E-state index is 13.5. The molecule has 9 nitrogen and oxygen atoms in total. The predicted molar refractivity (Wildman–Crippen MR) is 141 cm³/mol. The second-order valence-electron chi connectivity index (χ2n) is 9.47. The van der Waals surface area contributed by atoms with Gasteiger partial charge in [0.1, 0.15) is 0 Å². The lowest BCUT2D eigenvalue weighted by atomic mass is 10.0. The molecule has 0 spiro atoms. The molecule has 0 saturated carbocycles. The highest BCUT2D eigenvalue weighted by Gasteiger charge is 2.45. The standard InChI is InChI=1S/C29H24N4O5/c34-18-19-11-12-22(26-25(19)28(37)33(29(26)38)21-9-5-2-6-10-21)30-13-15-31(16-14-30)23-17-24(35)32(27(23)36)20-7-3-1-4-8-20/h1-12,18,23H,13-17H2. The second-order valence-corrected chi connectivity index (χ2v) is 9.47. The molecule has 1 atom stereocenters. The van der Waals surface area contributed by atoms with Crippen molar-refractivity contribution in [1.29, 1.82) is 0 Å². The molecule has 0 bridgehead atoms. The van der Waals surface area contributed by atoms with Crippen molar-refractivity contribution in [3.8, 4) is 0 Å². The van der Waals surface area contributed by atoms with Crippen LogP contribution in [0.1, 0.15) is 37.5 Å². The van der Waals surface area contributed by atoms with Crippen LogP contribution in [0.25, 0.3) is 0 Å². The zero-order chi connectivity index (χ0) is 26.4. The molecule has 9 heteroatoms. The van der Waals surface area contributed by atoms with Gasteiger partial charge < -0.3 is 4.90 Å². The molecule has 6 rings (SSSR count). The van der Waals surface area contributed by atoms with Gasteiger partial charge in [0.25, 0.3) is 17.7 Å². The lowest BCUT2D eigenvalue weighted by molar-refractivity contribution is -0.123. The normalized spacial score (nSPS) is 19.9. The van der Waals surface area contributed by atoms with E-state index in [4.69, 9.17) is 0 Å². The summed E-state index contributed by atoms with van der Waals surface area (Å²) in [5.41, 5.74) is 2.11. The third-order valence-corrected chi connectivity index (χ3v) is 7.42. The zero-order valence-electron chi connectivity index (χ0n) is 20.4. The van der Waals surface area contributed by atoms with Crippen LogP contribution in [0.5, 0.6) is 0 Å². The second kappa shape index (κ2) is 9.35. The Morgan fingerprint density at radius 1 is 0.658 bits per heavy atom. The molecular formula is C29H24N4O5. The van der Waals surface area contributed by atoms with Gasteiger partial charge >= 0.3 is 0 Å². The van der Waals surface area contributed by atoms with Crippen molar-refractivity contribution in [3.05, 3.63) is 89.5 Å². The summed E-state index contributed by atoms with van der Waals surface area (Å²) < 4.78 is 0. The summed E-state index contributed by atoms with van der Waals surface area (Å²) >= 11 is 0. The van der Waals surface area contributed by atoms with Crippen LogP contribution in [0.15, 0.2) is 72.8 Å². The number of hydrogen-bond acceptors (Lipinski definition) is 7. The minimum atomic E-state index is -0.537. The molecule has 0 radical (unpaired) electrons. The fourth-order valence-electron chi connectivity index (χ4n) is 5.57. The van der Waals surface area contributed by atoms with Crippen LogP contribution in [0, 0.1) is 0 Å². The summed E-state index contributed by atoms with van der Waals surface area (Å²) in [6.07, 6.45) is 0.720. The smallest absolute Gasteiger partial charge is 0.268 e. The fourth-order valence-corrected chi connectivity index (χ4v) is 5.57. The third-order valence-electron chi connectivity index (χ3n) is 7.42. The first kappa shape index (κ1) is 23.7. The Morgan fingerprint density at radius 3 is 1.84 bits per heavy atom. The number of nitrogens with zero attached hydrogens (tertiary/aromatic N) is 4. The molecule has 190 valence electrons. The van der Waals surface area contributed by atoms with E-state index in [1.54, 1.807) is 66.7 Å². The van der Waals surface area contributed by atoms with Gasteiger partial charge in [-0.05, 0) is 36.4 Å². The SMILES string of the molecule is O=Cc1ccc(N2CCN(C3CC(=O)N(c4ccccc4)C3=O)CC2)c2c1C(=O)N(c1ccccc1)C2=O. The van der Waals surface area contributed by atoms with Crippen molar-refractivity contribution in [3.63, 3.8) is 0 Å². The maximum absolute atomic E-state index is 13.5. The molecule has 38 heavy (non-hydrogen) atoms. The van der Waals surface area contributed by atoms with Crippen molar-refractivity contribution < 1.29 is 24.0 Å². The Kier molecular flexibility index (Phi) is 5.84. The first-order valence-electron chi connectivity index (χ1n) is 12.5. The number of hydrogen-bond donors (Lipinski definition) is 0. The Bertz CT molecular complexity index is 1470. The van der Waals surface area contributed by atoms with E-state index in [-0.39, 0.29) is 34.9 Å². The number of benzene rings is 3. The number of imide groups is 2. The molecule has 2 fully saturated rings. The number of carbonyl (C=O) groups excluding carboxylic acids is 5. The van der Waals surface area contributed by atoms with Crippen molar-refractivity contribution in [2.45, 2.75) is 12.5 Å². The van der Waals surface area contributed by atoms with E-state index >= 15 is 0 Å². The number of aldehydes is 1. The largest absolute Gasteiger partial charge is 0.368 e. The lowest BCUT2D eigenvalue weighted by Gasteiger charge is -2.38. The molecule has 3 aliphatic rings. The summed E-state index contributed by atoms with van der Waals surface area (Å²) in [5.74, 6) is -1.44. The van der Waals surface area contributed by atoms with E-state index < -0.39 is 17.9 Å². The quantitative estimate of drug-likeness (QED) is 0.386. The van der Waals surface area contributed by atoms with Gasteiger partial charge in [0, 0.05) is 31.7 Å². The molecular weight excluding hydrogens is 484 g/mol. The number of carbonyl (C=O) groups is 5. The van der Waals surface area contributed by atoms with E-state index in [1.807, 2.05) is 15.9 Å². The highest BCUT2D eigenvalue weighted by molar-refractivity contribution is 6.37. The van der Waals surface area contributed by atoms with Crippen LogP contribution >= 0.6 is 0 Å². The van der Waals surface area contributed by atoms with E-state index in [9.17, 15) is 24.0 Å². The highest BCUT2D eigenvalue weighted by Crippen LogP contribution is 2.37. The Hall–Kier alpha value is -4.63. The number of amides is 4. The number of para-hydroxylation sites is 2. The summed E-state index contributed by atoms with van der Waals surface area (Å²) in [7, 11) is 0. The van der Waals surface area contributed by atoms with Crippen LogP contribution in [-0.2, 0) is 9.59 Å². The molecule has 3 aromatic carbocycles. The average Bonchev–Trinajstić information content (AvgIpc) is 3.40. The van der Waals surface area contributed by atoms with E-state index in [0.717, 1.165) is 4.90 Å². The average molecular weight is 509 g/mol. The van der Waals surface area contributed by atoms with Crippen molar-refractivity contribution in [2.24, 2.45) is 0 Å². The third kappa shape index (κ3) is 3.71. The Labute approximate surface area is 218 Å². The van der Waals surface area contributed by atoms with Gasteiger partial charge in [0.05, 0.1) is 40.7 Å². The monoisotopic (exact) mass is 508 g/mol. The van der Waals surface area contributed by atoms with Gasteiger partial charge in [-0.1, -0.05) is 36.4 Å². The van der Waals surface area contributed by atoms with Crippen molar-refractivity contribution in [1.82, 2.24) is 4.90 Å². The molecule has 1 unspecified atom stereocenters. The molecule has 3 aromatic rings. The molecule has 0 aliphatic carbocycles. The molecule has 4 amide bonds. The maximum Gasteiger partial charge on any atom is 0.268 e. The molecule has 0 N–H and O–H groups in total. The number of anilines is 3. The topological polar surface area (TPSA) is 98.3 Å². The van der Waals surface area contributed by atoms with Crippen LogP contribution in [0.3, 0.4) is 0 Å². The van der Waals surface area contributed by atoms with Crippen LogP contribution in [0.2, 0.25) is 0 Å². The van der Waals surface area contributed by atoms with Crippen molar-refractivity contribution >= 4 is 47.0 Å². The summed E-state index contributed by atoms with van der Waals surface area (Å²) in [5, 5.41) is 0. The fraction of sp³-hybridized carbons (Fsp3) is 0.207. The minimum Gasteiger partial charge on any atom is -0.368 e. The summed E-state index contributed by atoms with van der Waals surface area (Å²) in [6.45, 7) is 1.98. The molecule has 3 heterocycles. The van der Waals surface area contributed by atoms with Crippen LogP contribution < -0.4 is 14.7 Å². The van der Waals surface area contributed by atoms with E-state index in [0.29, 0.717) is 49.5 Å². The van der Waals surface area contributed by atoms with Gasteiger partial charge in [0.2, 0.25) is 5.91 Å². The highest BCUT2D eigenvalue weighted by atomic mass is 16.2.